The fraction of sp³-hybridized carbons (Fsp3) is 0.267. The summed E-state index contributed by atoms with van der Waals surface area (Å²) in [5.74, 6) is -1.85. The molecule has 0 unspecified atom stereocenters. The number of aliphatic carboxylic acids is 1. The number of aromatic nitrogens is 1. The molecule has 0 bridgehead atoms. The molecule has 0 saturated heterocycles. The van der Waals surface area contributed by atoms with Crippen LogP contribution in [-0.2, 0) is 4.79 Å². The molecule has 0 fully saturated rings. The van der Waals surface area contributed by atoms with E-state index in [-0.39, 0.29) is 11.5 Å². The summed E-state index contributed by atoms with van der Waals surface area (Å²) in [6.07, 6.45) is 1.72. The molecule has 1 aromatic carbocycles. The molecule has 0 aliphatic heterocycles. The molecule has 116 valence electrons. The van der Waals surface area contributed by atoms with Crippen LogP contribution in [0.2, 0.25) is 0 Å². The lowest BCUT2D eigenvalue weighted by Gasteiger charge is -2.19. The molecule has 7 heteroatoms. The van der Waals surface area contributed by atoms with Gasteiger partial charge in [-0.05, 0) is 30.7 Å². The Kier molecular flexibility index (Phi) is 4.88. The second-order valence-electron chi connectivity index (χ2n) is 4.66. The van der Waals surface area contributed by atoms with Crippen LogP contribution in [0.25, 0.3) is 11.3 Å². The van der Waals surface area contributed by atoms with Crippen molar-refractivity contribution in [2.75, 3.05) is 13.1 Å². The van der Waals surface area contributed by atoms with Gasteiger partial charge in [-0.2, -0.15) is 0 Å². The number of hydrogen-bond acceptors (Lipinski definition) is 4. The van der Waals surface area contributed by atoms with Crippen molar-refractivity contribution in [3.05, 3.63) is 42.2 Å². The predicted molar refractivity (Wildman–Crippen MR) is 75.7 cm³/mol. The molecule has 0 aliphatic rings. The zero-order chi connectivity index (χ0) is 16.1. The Bertz CT molecular complexity index is 666. The lowest BCUT2D eigenvalue weighted by atomic mass is 10.1. The summed E-state index contributed by atoms with van der Waals surface area (Å²) in [5.41, 5.74) is 0.510. The van der Waals surface area contributed by atoms with Gasteiger partial charge in [0.2, 0.25) is 0 Å². The highest BCUT2D eigenvalue weighted by molar-refractivity contribution is 5.98. The molecule has 1 N–H and O–H groups in total. The van der Waals surface area contributed by atoms with Crippen LogP contribution in [0.1, 0.15) is 23.8 Å². The Labute approximate surface area is 126 Å². The van der Waals surface area contributed by atoms with Crippen LogP contribution in [0, 0.1) is 5.82 Å². The number of carboxylic acid groups (broad SMARTS) is 1. The monoisotopic (exact) mass is 306 g/mol. The minimum atomic E-state index is -1.10. The summed E-state index contributed by atoms with van der Waals surface area (Å²) in [7, 11) is 0. The van der Waals surface area contributed by atoms with Crippen molar-refractivity contribution in [3.8, 4) is 11.3 Å². The molecular formula is C15H15FN2O4. The standard InChI is InChI=1S/C15H15FN2O4/c1-2-7-18(8-12(19)20)15(21)13-14(22-9-17-13)10-3-5-11(16)6-4-10/h3-6,9H,2,7-8H2,1H3,(H,19,20). The van der Waals surface area contributed by atoms with Gasteiger partial charge in [-0.3, -0.25) is 9.59 Å². The van der Waals surface area contributed by atoms with Gasteiger partial charge in [0.05, 0.1) is 0 Å². The Balaban J connectivity index is 2.32. The highest BCUT2D eigenvalue weighted by Gasteiger charge is 2.24. The Morgan fingerprint density at radius 3 is 2.59 bits per heavy atom. The number of amides is 1. The molecule has 2 aromatic rings. The van der Waals surface area contributed by atoms with Crippen molar-refractivity contribution in [3.63, 3.8) is 0 Å². The summed E-state index contributed by atoms with van der Waals surface area (Å²) < 4.78 is 18.2. The highest BCUT2D eigenvalue weighted by Crippen LogP contribution is 2.24. The quantitative estimate of drug-likeness (QED) is 0.886. The van der Waals surface area contributed by atoms with E-state index in [9.17, 15) is 14.0 Å². The molecular weight excluding hydrogens is 291 g/mol. The molecule has 6 nitrogen and oxygen atoms in total. The first-order valence-electron chi connectivity index (χ1n) is 6.73. The number of carbonyl (C=O) groups is 2. The second-order valence-corrected chi connectivity index (χ2v) is 4.66. The second kappa shape index (κ2) is 6.84. The molecule has 0 spiro atoms. The normalized spacial score (nSPS) is 10.5. The number of hydrogen-bond donors (Lipinski definition) is 1. The van der Waals surface area contributed by atoms with Crippen LogP contribution in [0.15, 0.2) is 35.1 Å². The van der Waals surface area contributed by atoms with E-state index in [4.69, 9.17) is 9.52 Å². The first kappa shape index (κ1) is 15.7. The van der Waals surface area contributed by atoms with Crippen LogP contribution in [0.3, 0.4) is 0 Å². The maximum absolute atomic E-state index is 13.0. The average Bonchev–Trinajstić information content (AvgIpc) is 2.96. The minimum Gasteiger partial charge on any atom is -0.480 e. The number of carbonyl (C=O) groups excluding carboxylic acids is 1. The van der Waals surface area contributed by atoms with Crippen LogP contribution in [0.5, 0.6) is 0 Å². The van der Waals surface area contributed by atoms with E-state index < -0.39 is 24.2 Å². The van der Waals surface area contributed by atoms with Crippen LogP contribution < -0.4 is 0 Å². The fourth-order valence-corrected chi connectivity index (χ4v) is 2.04. The largest absolute Gasteiger partial charge is 0.480 e. The first-order chi connectivity index (χ1) is 10.5. The maximum atomic E-state index is 13.0. The van der Waals surface area contributed by atoms with Gasteiger partial charge in [0.25, 0.3) is 5.91 Å². The van der Waals surface area contributed by atoms with Gasteiger partial charge in [0.1, 0.15) is 12.4 Å². The fourth-order valence-electron chi connectivity index (χ4n) is 2.04. The van der Waals surface area contributed by atoms with Crippen molar-refractivity contribution in [1.29, 1.82) is 0 Å². The average molecular weight is 306 g/mol. The number of rotatable bonds is 6. The number of carboxylic acids is 1. The zero-order valence-electron chi connectivity index (χ0n) is 12.0. The first-order valence-corrected chi connectivity index (χ1v) is 6.73. The van der Waals surface area contributed by atoms with Crippen molar-refractivity contribution in [1.82, 2.24) is 9.88 Å². The van der Waals surface area contributed by atoms with Gasteiger partial charge >= 0.3 is 5.97 Å². The van der Waals surface area contributed by atoms with Gasteiger partial charge in [-0.25, -0.2) is 9.37 Å². The summed E-state index contributed by atoms with van der Waals surface area (Å²) in [6.45, 7) is 1.72. The molecule has 0 aliphatic carbocycles. The number of nitrogens with zero attached hydrogens (tertiary/aromatic N) is 2. The Morgan fingerprint density at radius 2 is 2.00 bits per heavy atom. The zero-order valence-corrected chi connectivity index (χ0v) is 12.0. The van der Waals surface area contributed by atoms with E-state index in [1.54, 1.807) is 0 Å². The molecule has 1 aromatic heterocycles. The molecule has 2 rings (SSSR count). The number of oxazole rings is 1. The van der Waals surface area contributed by atoms with Crippen LogP contribution >= 0.6 is 0 Å². The van der Waals surface area contributed by atoms with Crippen molar-refractivity contribution in [2.24, 2.45) is 0 Å². The Morgan fingerprint density at radius 1 is 1.32 bits per heavy atom. The molecule has 22 heavy (non-hydrogen) atoms. The molecule has 1 heterocycles. The van der Waals surface area contributed by atoms with Crippen molar-refractivity contribution in [2.45, 2.75) is 13.3 Å². The molecule has 0 atom stereocenters. The van der Waals surface area contributed by atoms with Gasteiger partial charge in [0, 0.05) is 12.1 Å². The Hall–Kier alpha value is -2.70. The minimum absolute atomic E-state index is 0.0151. The van der Waals surface area contributed by atoms with Gasteiger partial charge in [0.15, 0.2) is 17.8 Å². The summed E-state index contributed by atoms with van der Waals surface area (Å²) >= 11 is 0. The van der Waals surface area contributed by atoms with E-state index >= 15 is 0 Å². The van der Waals surface area contributed by atoms with Crippen molar-refractivity contribution >= 4 is 11.9 Å². The maximum Gasteiger partial charge on any atom is 0.323 e. The lowest BCUT2D eigenvalue weighted by molar-refractivity contribution is -0.137. The molecule has 0 radical (unpaired) electrons. The van der Waals surface area contributed by atoms with E-state index in [0.29, 0.717) is 18.5 Å². The summed E-state index contributed by atoms with van der Waals surface area (Å²) in [5, 5.41) is 8.89. The van der Waals surface area contributed by atoms with Crippen molar-refractivity contribution < 1.29 is 23.5 Å². The number of benzene rings is 1. The topological polar surface area (TPSA) is 83.6 Å². The third-order valence-corrected chi connectivity index (χ3v) is 2.98. The van der Waals surface area contributed by atoms with Crippen LogP contribution in [-0.4, -0.2) is 40.0 Å². The third kappa shape index (κ3) is 3.49. The smallest absolute Gasteiger partial charge is 0.323 e. The summed E-state index contributed by atoms with van der Waals surface area (Å²) in [6, 6.07) is 5.42. The van der Waals surface area contributed by atoms with E-state index in [0.717, 1.165) is 6.39 Å². The van der Waals surface area contributed by atoms with E-state index in [1.807, 2.05) is 6.92 Å². The third-order valence-electron chi connectivity index (χ3n) is 2.98. The van der Waals surface area contributed by atoms with Crippen LogP contribution in [0.4, 0.5) is 4.39 Å². The predicted octanol–water partition coefficient (Wildman–Crippen LogP) is 2.42. The lowest BCUT2D eigenvalue weighted by Crippen LogP contribution is -2.36. The van der Waals surface area contributed by atoms with Gasteiger partial charge in [-0.1, -0.05) is 6.92 Å². The van der Waals surface area contributed by atoms with E-state index in [2.05, 4.69) is 4.98 Å². The molecule has 1 amide bonds. The van der Waals surface area contributed by atoms with Gasteiger partial charge in [-0.15, -0.1) is 0 Å². The highest BCUT2D eigenvalue weighted by atomic mass is 19.1. The number of halogens is 1. The van der Waals surface area contributed by atoms with E-state index in [1.165, 1.54) is 29.2 Å². The van der Waals surface area contributed by atoms with Gasteiger partial charge < -0.3 is 14.4 Å². The molecule has 0 saturated carbocycles. The summed E-state index contributed by atoms with van der Waals surface area (Å²) in [4.78, 5) is 28.4. The SMILES string of the molecule is CCCN(CC(=O)O)C(=O)c1ncoc1-c1ccc(F)cc1.